The van der Waals surface area contributed by atoms with Crippen molar-refractivity contribution in [2.75, 3.05) is 18.1 Å². The molecule has 24 heavy (non-hydrogen) atoms. The summed E-state index contributed by atoms with van der Waals surface area (Å²) in [6.45, 7) is 2.16. The van der Waals surface area contributed by atoms with Gasteiger partial charge in [-0.15, -0.1) is 0 Å². The van der Waals surface area contributed by atoms with Crippen LogP contribution in [0.5, 0.6) is 0 Å². The van der Waals surface area contributed by atoms with Gasteiger partial charge >= 0.3 is 0 Å². The molecular formula is C21H42O2S. The Hall–Kier alpha value is 0.01000. The molecule has 2 nitrogen and oxygen atoms in total. The second kappa shape index (κ2) is 21.1. The average molecular weight is 359 g/mol. The third-order valence-electron chi connectivity index (χ3n) is 4.32. The Morgan fingerprint density at radius 2 is 1.25 bits per heavy atom. The molecule has 0 heterocycles. The maximum Gasteiger partial charge on any atom is 0.0861 e. The molecule has 144 valence electrons. The molecule has 3 heteroatoms. The topological polar surface area (TPSA) is 40.5 Å². The maximum absolute atomic E-state index is 9.22. The van der Waals surface area contributed by atoms with Crippen molar-refractivity contribution in [3.63, 3.8) is 0 Å². The van der Waals surface area contributed by atoms with Gasteiger partial charge in [0.25, 0.3) is 0 Å². The van der Waals surface area contributed by atoms with Crippen LogP contribution in [0.4, 0.5) is 0 Å². The Kier molecular flexibility index (Phi) is 21.1. The summed E-state index contributed by atoms with van der Waals surface area (Å²) in [5, 5.41) is 17.9. The Morgan fingerprint density at radius 1 is 0.750 bits per heavy atom. The van der Waals surface area contributed by atoms with Gasteiger partial charge in [-0.25, -0.2) is 0 Å². The molecule has 0 saturated heterocycles. The number of hydrogen-bond donors (Lipinski definition) is 2. The Morgan fingerprint density at radius 3 is 1.79 bits per heavy atom. The molecule has 0 rings (SSSR count). The lowest BCUT2D eigenvalue weighted by atomic mass is 10.1. The van der Waals surface area contributed by atoms with Crippen LogP contribution in [-0.4, -0.2) is 34.4 Å². The van der Waals surface area contributed by atoms with Gasteiger partial charge in [0.2, 0.25) is 0 Å². The number of rotatable bonds is 19. The van der Waals surface area contributed by atoms with Crippen LogP contribution in [-0.2, 0) is 0 Å². The molecule has 0 fully saturated rings. The minimum atomic E-state index is -0.538. The molecule has 0 aromatic carbocycles. The van der Waals surface area contributed by atoms with Crippen LogP contribution in [0.15, 0.2) is 12.2 Å². The van der Waals surface area contributed by atoms with Gasteiger partial charge in [-0.3, -0.25) is 0 Å². The van der Waals surface area contributed by atoms with Gasteiger partial charge in [-0.2, -0.15) is 11.8 Å². The van der Waals surface area contributed by atoms with E-state index in [1.807, 2.05) is 0 Å². The molecule has 0 spiro atoms. The summed E-state index contributed by atoms with van der Waals surface area (Å²) in [4.78, 5) is 0. The monoisotopic (exact) mass is 358 g/mol. The minimum Gasteiger partial charge on any atom is -0.394 e. The molecule has 1 atom stereocenters. The van der Waals surface area contributed by atoms with E-state index in [1.54, 1.807) is 11.8 Å². The summed E-state index contributed by atoms with van der Waals surface area (Å²) in [5.74, 6) is 1.78. The largest absolute Gasteiger partial charge is 0.394 e. The Labute approximate surface area is 155 Å². The normalized spacial score (nSPS) is 13.0. The highest BCUT2D eigenvalue weighted by molar-refractivity contribution is 7.99. The predicted octanol–water partition coefficient (Wildman–Crippen LogP) is 6.11. The van der Waals surface area contributed by atoms with Gasteiger partial charge in [-0.05, 0) is 37.9 Å². The van der Waals surface area contributed by atoms with Crippen molar-refractivity contribution < 1.29 is 10.2 Å². The Balaban J connectivity index is 3.08. The number of aliphatic hydroxyl groups excluding tert-OH is 2. The molecular weight excluding hydrogens is 316 g/mol. The molecule has 0 aromatic heterocycles. The number of thioether (sulfide) groups is 1. The second-order valence-electron chi connectivity index (χ2n) is 6.85. The first-order valence-corrected chi connectivity index (χ1v) is 11.5. The first-order chi connectivity index (χ1) is 11.8. The first kappa shape index (κ1) is 24.0. The summed E-state index contributed by atoms with van der Waals surface area (Å²) in [6.07, 6.45) is 23.0. The fraction of sp³-hybridized carbons (Fsp3) is 0.905. The fourth-order valence-electron chi connectivity index (χ4n) is 2.72. The lowest BCUT2D eigenvalue weighted by Crippen LogP contribution is -2.14. The summed E-state index contributed by atoms with van der Waals surface area (Å²) < 4.78 is 0. The fourth-order valence-corrected chi connectivity index (χ4v) is 3.68. The van der Waals surface area contributed by atoms with E-state index < -0.39 is 6.10 Å². The Bertz CT molecular complexity index is 256. The lowest BCUT2D eigenvalue weighted by Gasteiger charge is -2.06. The molecule has 0 aliphatic rings. The van der Waals surface area contributed by atoms with E-state index in [0.717, 1.165) is 5.75 Å². The zero-order valence-corrected chi connectivity index (χ0v) is 16.9. The summed E-state index contributed by atoms with van der Waals surface area (Å²) in [7, 11) is 0. The summed E-state index contributed by atoms with van der Waals surface area (Å²) >= 11 is 1.75. The second-order valence-corrected chi connectivity index (χ2v) is 8.00. The van der Waals surface area contributed by atoms with E-state index in [1.165, 1.54) is 89.9 Å². The first-order valence-electron chi connectivity index (χ1n) is 10.3. The molecule has 0 amide bonds. The van der Waals surface area contributed by atoms with Crippen LogP contribution in [0.3, 0.4) is 0 Å². The van der Waals surface area contributed by atoms with Crippen LogP contribution >= 0.6 is 11.8 Å². The van der Waals surface area contributed by atoms with Gasteiger partial charge < -0.3 is 10.2 Å². The number of unbranched alkanes of at least 4 members (excludes halogenated alkanes) is 12. The van der Waals surface area contributed by atoms with Crippen LogP contribution in [0.25, 0.3) is 0 Å². The maximum atomic E-state index is 9.22. The quantitative estimate of drug-likeness (QED) is 0.216. The molecule has 0 aliphatic carbocycles. The highest BCUT2D eigenvalue weighted by atomic mass is 32.2. The van der Waals surface area contributed by atoms with Gasteiger partial charge in [0.15, 0.2) is 0 Å². The van der Waals surface area contributed by atoms with Crippen molar-refractivity contribution in [3.8, 4) is 0 Å². The third kappa shape index (κ3) is 20.1. The van der Waals surface area contributed by atoms with Crippen LogP contribution in [0, 0.1) is 0 Å². The van der Waals surface area contributed by atoms with Gasteiger partial charge in [0.05, 0.1) is 12.7 Å². The predicted molar refractivity (Wildman–Crippen MR) is 110 cm³/mol. The van der Waals surface area contributed by atoms with Gasteiger partial charge in [0.1, 0.15) is 0 Å². The van der Waals surface area contributed by atoms with E-state index in [-0.39, 0.29) is 6.61 Å². The third-order valence-corrected chi connectivity index (χ3v) is 5.52. The van der Waals surface area contributed by atoms with Crippen molar-refractivity contribution in [3.05, 3.63) is 12.2 Å². The van der Waals surface area contributed by atoms with Crippen molar-refractivity contribution in [2.45, 2.75) is 103 Å². The summed E-state index contributed by atoms with van der Waals surface area (Å²) in [6, 6.07) is 0. The van der Waals surface area contributed by atoms with E-state index in [9.17, 15) is 5.11 Å². The van der Waals surface area contributed by atoms with E-state index in [2.05, 4.69) is 19.1 Å². The standard InChI is InChI=1S/C21H42O2S/c1-2-3-4-5-6-7-8-9-10-11-12-13-14-15-16-17-18-24-20-21(23)19-22/h9-10,21-23H,2-8,11-20H2,1H3/b10-9-. The zero-order valence-electron chi connectivity index (χ0n) is 16.1. The lowest BCUT2D eigenvalue weighted by molar-refractivity contribution is 0.113. The molecule has 0 aliphatic heterocycles. The van der Waals surface area contributed by atoms with Crippen molar-refractivity contribution in [1.82, 2.24) is 0 Å². The van der Waals surface area contributed by atoms with Crippen LogP contribution in [0.2, 0.25) is 0 Å². The number of hydrogen-bond acceptors (Lipinski definition) is 3. The molecule has 2 N–H and O–H groups in total. The highest BCUT2D eigenvalue weighted by Crippen LogP contribution is 2.12. The van der Waals surface area contributed by atoms with Crippen molar-refractivity contribution in [2.24, 2.45) is 0 Å². The number of allylic oxidation sites excluding steroid dienone is 2. The molecule has 0 aromatic rings. The van der Waals surface area contributed by atoms with Crippen molar-refractivity contribution >= 4 is 11.8 Å². The van der Waals surface area contributed by atoms with Crippen LogP contribution in [0.1, 0.15) is 96.8 Å². The van der Waals surface area contributed by atoms with Gasteiger partial charge in [-0.1, -0.05) is 76.9 Å². The van der Waals surface area contributed by atoms with E-state index >= 15 is 0 Å². The van der Waals surface area contributed by atoms with Crippen molar-refractivity contribution in [1.29, 1.82) is 0 Å². The van der Waals surface area contributed by atoms with Gasteiger partial charge in [0, 0.05) is 5.75 Å². The zero-order chi connectivity index (χ0) is 17.7. The molecule has 0 bridgehead atoms. The molecule has 1 unspecified atom stereocenters. The molecule has 0 saturated carbocycles. The molecule has 0 radical (unpaired) electrons. The average Bonchev–Trinajstić information content (AvgIpc) is 2.60. The van der Waals surface area contributed by atoms with E-state index in [4.69, 9.17) is 5.11 Å². The van der Waals surface area contributed by atoms with E-state index in [0.29, 0.717) is 5.75 Å². The summed E-state index contributed by atoms with van der Waals surface area (Å²) in [5.41, 5.74) is 0. The SMILES string of the molecule is CCCCCCCC/C=C\CCCCCCCCSCC(O)CO. The minimum absolute atomic E-state index is 0.111. The van der Waals surface area contributed by atoms with Crippen LogP contribution < -0.4 is 0 Å². The number of aliphatic hydroxyl groups is 2. The highest BCUT2D eigenvalue weighted by Gasteiger charge is 2.00. The smallest absolute Gasteiger partial charge is 0.0861 e.